The van der Waals surface area contributed by atoms with Crippen molar-refractivity contribution >= 4 is 43.5 Å². The van der Waals surface area contributed by atoms with E-state index in [-0.39, 0.29) is 17.5 Å². The smallest absolute Gasteiger partial charge is 0.229 e. The Balaban J connectivity index is 2.00. The van der Waals surface area contributed by atoms with E-state index in [1.165, 1.54) is 12.1 Å². The molecule has 20 heavy (non-hydrogen) atoms. The summed E-state index contributed by atoms with van der Waals surface area (Å²) in [6.45, 7) is 2.19. The number of aromatic nitrogens is 2. The van der Waals surface area contributed by atoms with Gasteiger partial charge in [-0.3, -0.25) is 9.48 Å². The summed E-state index contributed by atoms with van der Waals surface area (Å²) >= 11 is 6.46. The van der Waals surface area contributed by atoms with Gasteiger partial charge in [0, 0.05) is 10.7 Å². The number of halogens is 3. The van der Waals surface area contributed by atoms with Gasteiger partial charge in [0.1, 0.15) is 5.82 Å². The molecule has 1 atom stereocenters. The first-order valence-corrected chi connectivity index (χ1v) is 7.48. The molecule has 1 heterocycles. The summed E-state index contributed by atoms with van der Waals surface area (Å²) in [5.74, 6) is -1.05. The lowest BCUT2D eigenvalue weighted by atomic mass is 10.1. The van der Waals surface area contributed by atoms with E-state index in [0.717, 1.165) is 4.47 Å². The first kappa shape index (κ1) is 15.2. The molecule has 7 heteroatoms. The van der Waals surface area contributed by atoms with Gasteiger partial charge in [-0.2, -0.15) is 5.10 Å². The zero-order chi connectivity index (χ0) is 14.7. The van der Waals surface area contributed by atoms with E-state index in [9.17, 15) is 9.18 Å². The maximum Gasteiger partial charge on any atom is 0.229 e. The topological polar surface area (TPSA) is 46.9 Å². The first-order chi connectivity index (χ1) is 9.45. The van der Waals surface area contributed by atoms with Crippen molar-refractivity contribution in [3.63, 3.8) is 0 Å². The molecule has 0 saturated heterocycles. The van der Waals surface area contributed by atoms with Gasteiger partial charge in [-0.15, -0.1) is 0 Å². The molecule has 2 aromatic rings. The van der Waals surface area contributed by atoms with Crippen LogP contribution in [0.2, 0.25) is 0 Å². The van der Waals surface area contributed by atoms with Gasteiger partial charge < -0.3 is 5.32 Å². The second-order valence-electron chi connectivity index (χ2n) is 4.40. The van der Waals surface area contributed by atoms with E-state index in [4.69, 9.17) is 0 Å². The van der Waals surface area contributed by atoms with Crippen LogP contribution in [-0.2, 0) is 11.3 Å². The third kappa shape index (κ3) is 3.89. The Morgan fingerprint density at radius 1 is 1.45 bits per heavy atom. The van der Waals surface area contributed by atoms with E-state index < -0.39 is 5.82 Å². The fourth-order valence-electron chi connectivity index (χ4n) is 1.65. The highest BCUT2D eigenvalue weighted by molar-refractivity contribution is 9.10. The summed E-state index contributed by atoms with van der Waals surface area (Å²) in [4.78, 5) is 12.0. The number of carbonyl (C=O) groups is 1. The summed E-state index contributed by atoms with van der Waals surface area (Å²) in [6, 6.07) is 4.51. The molecular formula is C13H12Br2FN3O. The molecule has 2 rings (SSSR count). The van der Waals surface area contributed by atoms with Crippen LogP contribution in [0.3, 0.4) is 0 Å². The lowest BCUT2D eigenvalue weighted by Crippen LogP contribution is -2.25. The predicted octanol–water partition coefficient (Wildman–Crippen LogP) is 3.82. The quantitative estimate of drug-likeness (QED) is 0.841. The van der Waals surface area contributed by atoms with Crippen LogP contribution in [0.15, 0.2) is 39.5 Å². The molecular weight excluding hydrogens is 393 g/mol. The molecule has 1 N–H and O–H groups in total. The standard InChI is InChI=1S/C13H12Br2FN3O/c1-8(6-19-7-10(15)5-17-19)13(20)18-12-3-2-9(14)4-11(12)16/h2-5,7-8H,6H2,1H3,(H,18,20). The van der Waals surface area contributed by atoms with Gasteiger partial charge in [-0.05, 0) is 34.1 Å². The van der Waals surface area contributed by atoms with Gasteiger partial charge in [-0.1, -0.05) is 22.9 Å². The Morgan fingerprint density at radius 3 is 2.80 bits per heavy atom. The molecule has 1 amide bonds. The molecule has 4 nitrogen and oxygen atoms in total. The van der Waals surface area contributed by atoms with Crippen molar-refractivity contribution in [2.45, 2.75) is 13.5 Å². The summed E-state index contributed by atoms with van der Waals surface area (Å²) in [7, 11) is 0. The van der Waals surface area contributed by atoms with Gasteiger partial charge in [-0.25, -0.2) is 4.39 Å². The predicted molar refractivity (Wildman–Crippen MR) is 81.8 cm³/mol. The molecule has 0 aliphatic heterocycles. The fraction of sp³-hybridized carbons (Fsp3) is 0.231. The Labute approximate surface area is 132 Å². The van der Waals surface area contributed by atoms with Crippen LogP contribution in [0.1, 0.15) is 6.92 Å². The normalized spacial score (nSPS) is 12.2. The largest absolute Gasteiger partial charge is 0.323 e. The highest BCUT2D eigenvalue weighted by atomic mass is 79.9. The van der Waals surface area contributed by atoms with E-state index in [2.05, 4.69) is 42.3 Å². The zero-order valence-electron chi connectivity index (χ0n) is 10.6. The average Bonchev–Trinajstić information content (AvgIpc) is 2.78. The Morgan fingerprint density at radius 2 is 2.20 bits per heavy atom. The number of anilines is 1. The van der Waals surface area contributed by atoms with E-state index >= 15 is 0 Å². The number of amides is 1. The van der Waals surface area contributed by atoms with E-state index in [1.54, 1.807) is 30.1 Å². The van der Waals surface area contributed by atoms with Crippen molar-refractivity contribution in [2.75, 3.05) is 5.32 Å². The Kier molecular flexibility index (Phi) is 4.93. The molecule has 0 aliphatic carbocycles. The van der Waals surface area contributed by atoms with Crippen molar-refractivity contribution < 1.29 is 9.18 Å². The molecule has 0 aliphatic rings. The molecule has 1 unspecified atom stereocenters. The fourth-order valence-corrected chi connectivity index (χ4v) is 2.31. The number of carbonyl (C=O) groups excluding carboxylic acids is 1. The molecule has 0 spiro atoms. The second-order valence-corrected chi connectivity index (χ2v) is 6.23. The lowest BCUT2D eigenvalue weighted by molar-refractivity contribution is -0.119. The molecule has 106 valence electrons. The van der Waals surface area contributed by atoms with Crippen LogP contribution >= 0.6 is 31.9 Å². The molecule has 1 aromatic heterocycles. The Bertz CT molecular complexity index is 630. The summed E-state index contributed by atoms with van der Waals surface area (Å²) < 4.78 is 16.8. The maximum atomic E-state index is 13.6. The third-order valence-electron chi connectivity index (χ3n) is 2.70. The number of hydrogen-bond acceptors (Lipinski definition) is 2. The van der Waals surface area contributed by atoms with Crippen LogP contribution in [0.4, 0.5) is 10.1 Å². The highest BCUT2D eigenvalue weighted by Gasteiger charge is 2.16. The number of hydrogen-bond donors (Lipinski definition) is 1. The monoisotopic (exact) mass is 403 g/mol. The van der Waals surface area contributed by atoms with E-state index in [1.807, 2.05) is 0 Å². The number of nitrogens with one attached hydrogen (secondary N) is 1. The van der Waals surface area contributed by atoms with Crippen LogP contribution in [-0.4, -0.2) is 15.7 Å². The SMILES string of the molecule is CC(Cn1cc(Br)cn1)C(=O)Nc1ccc(Br)cc1F. The van der Waals surface area contributed by atoms with Crippen LogP contribution in [0.5, 0.6) is 0 Å². The molecule has 0 bridgehead atoms. The zero-order valence-corrected chi connectivity index (χ0v) is 13.8. The van der Waals surface area contributed by atoms with Crippen molar-refractivity contribution in [3.8, 4) is 0 Å². The van der Waals surface area contributed by atoms with Gasteiger partial charge >= 0.3 is 0 Å². The van der Waals surface area contributed by atoms with Crippen molar-refractivity contribution in [2.24, 2.45) is 5.92 Å². The maximum absolute atomic E-state index is 13.6. The van der Waals surface area contributed by atoms with Gasteiger partial charge in [0.25, 0.3) is 0 Å². The van der Waals surface area contributed by atoms with Crippen molar-refractivity contribution in [1.82, 2.24) is 9.78 Å². The van der Waals surface area contributed by atoms with Crippen molar-refractivity contribution in [3.05, 3.63) is 45.4 Å². The lowest BCUT2D eigenvalue weighted by Gasteiger charge is -2.13. The van der Waals surface area contributed by atoms with Crippen molar-refractivity contribution in [1.29, 1.82) is 0 Å². The third-order valence-corrected chi connectivity index (χ3v) is 3.60. The van der Waals surface area contributed by atoms with Gasteiger partial charge in [0.2, 0.25) is 5.91 Å². The first-order valence-electron chi connectivity index (χ1n) is 5.89. The highest BCUT2D eigenvalue weighted by Crippen LogP contribution is 2.20. The minimum Gasteiger partial charge on any atom is -0.323 e. The summed E-state index contributed by atoms with van der Waals surface area (Å²) in [6.07, 6.45) is 3.43. The van der Waals surface area contributed by atoms with Crippen LogP contribution < -0.4 is 5.32 Å². The molecule has 0 saturated carbocycles. The van der Waals surface area contributed by atoms with Gasteiger partial charge in [0.15, 0.2) is 0 Å². The minimum atomic E-state index is -0.471. The summed E-state index contributed by atoms with van der Waals surface area (Å²) in [5.41, 5.74) is 0.173. The minimum absolute atomic E-state index is 0.173. The number of benzene rings is 1. The summed E-state index contributed by atoms with van der Waals surface area (Å²) in [5, 5.41) is 6.66. The Hall–Kier alpha value is -1.21. The average molecular weight is 405 g/mol. The van der Waals surface area contributed by atoms with E-state index in [0.29, 0.717) is 11.0 Å². The number of rotatable bonds is 4. The van der Waals surface area contributed by atoms with Crippen LogP contribution in [0.25, 0.3) is 0 Å². The molecule has 0 fully saturated rings. The number of nitrogens with zero attached hydrogens (tertiary/aromatic N) is 2. The molecule has 0 radical (unpaired) electrons. The van der Waals surface area contributed by atoms with Gasteiger partial charge in [0.05, 0.1) is 28.8 Å². The second kappa shape index (κ2) is 6.49. The molecule has 1 aromatic carbocycles. The van der Waals surface area contributed by atoms with Crippen LogP contribution in [0, 0.1) is 11.7 Å².